The molecule has 0 aromatic rings. The fourth-order valence-electron chi connectivity index (χ4n) is 0.793. The largest absolute Gasteiger partial charge is 0.394 e. The van der Waals surface area contributed by atoms with Gasteiger partial charge in [0.15, 0.2) is 0 Å². The Kier molecular flexibility index (Phi) is 5.38. The van der Waals surface area contributed by atoms with Gasteiger partial charge in [-0.1, -0.05) is 19.9 Å². The zero-order valence-electron chi connectivity index (χ0n) is 6.65. The molecule has 0 amide bonds. The molecule has 9 heavy (non-hydrogen) atoms. The van der Waals surface area contributed by atoms with E-state index in [2.05, 4.69) is 25.2 Å². The maximum Gasteiger partial charge on any atom is 0.00276 e. The van der Waals surface area contributed by atoms with Gasteiger partial charge in [-0.25, -0.2) is 0 Å². The van der Waals surface area contributed by atoms with Crippen LogP contribution in [0.1, 0.15) is 26.7 Å². The highest BCUT2D eigenvalue weighted by Gasteiger charge is 1.94. The Labute approximate surface area is 58.2 Å². The molecule has 0 radical (unpaired) electrons. The SMILES string of the molecule is CCC(/C=C\NC)CC. The van der Waals surface area contributed by atoms with Gasteiger partial charge in [0.25, 0.3) is 0 Å². The zero-order valence-corrected chi connectivity index (χ0v) is 6.65. The van der Waals surface area contributed by atoms with E-state index in [0.29, 0.717) is 0 Å². The summed E-state index contributed by atoms with van der Waals surface area (Å²) in [7, 11) is 1.93. The molecule has 1 heteroatoms. The van der Waals surface area contributed by atoms with Crippen molar-refractivity contribution in [2.75, 3.05) is 7.05 Å². The van der Waals surface area contributed by atoms with Crippen LogP contribution in [0.2, 0.25) is 0 Å². The van der Waals surface area contributed by atoms with Gasteiger partial charge in [-0.3, -0.25) is 0 Å². The molecule has 54 valence electrons. The number of rotatable bonds is 4. The molecule has 0 fully saturated rings. The molecular formula is C8H17N. The summed E-state index contributed by atoms with van der Waals surface area (Å²) >= 11 is 0. The Bertz CT molecular complexity index is 72.6. The van der Waals surface area contributed by atoms with Crippen molar-refractivity contribution >= 4 is 0 Å². The summed E-state index contributed by atoms with van der Waals surface area (Å²) < 4.78 is 0. The van der Waals surface area contributed by atoms with E-state index < -0.39 is 0 Å². The van der Waals surface area contributed by atoms with Gasteiger partial charge in [0.05, 0.1) is 0 Å². The lowest BCUT2D eigenvalue weighted by atomic mass is 10.0. The van der Waals surface area contributed by atoms with Gasteiger partial charge in [0.2, 0.25) is 0 Å². The molecule has 0 atom stereocenters. The summed E-state index contributed by atoms with van der Waals surface area (Å²) in [6.45, 7) is 4.43. The average Bonchev–Trinajstić information content (AvgIpc) is 1.91. The van der Waals surface area contributed by atoms with Gasteiger partial charge < -0.3 is 5.32 Å². The van der Waals surface area contributed by atoms with E-state index in [1.54, 1.807) is 0 Å². The third-order valence-electron chi connectivity index (χ3n) is 1.58. The maximum absolute atomic E-state index is 2.99. The average molecular weight is 127 g/mol. The van der Waals surface area contributed by atoms with Crippen LogP contribution in [-0.4, -0.2) is 7.05 Å². The lowest BCUT2D eigenvalue weighted by Crippen LogP contribution is -1.96. The molecule has 0 aliphatic carbocycles. The van der Waals surface area contributed by atoms with Gasteiger partial charge in [0, 0.05) is 7.05 Å². The second-order valence-corrected chi connectivity index (χ2v) is 2.22. The quantitative estimate of drug-likeness (QED) is 0.610. The van der Waals surface area contributed by atoms with E-state index in [9.17, 15) is 0 Å². The van der Waals surface area contributed by atoms with Crippen LogP contribution in [-0.2, 0) is 0 Å². The Morgan fingerprint density at radius 1 is 1.33 bits per heavy atom. The van der Waals surface area contributed by atoms with Crippen molar-refractivity contribution in [2.45, 2.75) is 26.7 Å². The predicted molar refractivity (Wildman–Crippen MR) is 42.3 cm³/mol. The van der Waals surface area contributed by atoms with Crippen LogP contribution in [0, 0.1) is 5.92 Å². The predicted octanol–water partition coefficient (Wildman–Crippen LogP) is 2.16. The second-order valence-electron chi connectivity index (χ2n) is 2.22. The van der Waals surface area contributed by atoms with E-state index in [1.807, 2.05) is 13.2 Å². The fraction of sp³-hybridized carbons (Fsp3) is 0.750. The minimum Gasteiger partial charge on any atom is -0.394 e. The van der Waals surface area contributed by atoms with Crippen molar-refractivity contribution < 1.29 is 0 Å². The van der Waals surface area contributed by atoms with Crippen LogP contribution in [0.5, 0.6) is 0 Å². The molecule has 0 aliphatic heterocycles. The Morgan fingerprint density at radius 3 is 2.22 bits per heavy atom. The van der Waals surface area contributed by atoms with Crippen LogP contribution in [0.25, 0.3) is 0 Å². The minimum absolute atomic E-state index is 0.762. The first-order chi connectivity index (χ1) is 4.35. The third-order valence-corrected chi connectivity index (χ3v) is 1.58. The highest BCUT2D eigenvalue weighted by Crippen LogP contribution is 2.07. The maximum atomic E-state index is 2.99. The van der Waals surface area contributed by atoms with Crippen LogP contribution < -0.4 is 5.32 Å². The topological polar surface area (TPSA) is 12.0 Å². The Hall–Kier alpha value is -0.460. The minimum atomic E-state index is 0.762. The monoisotopic (exact) mass is 127 g/mol. The molecule has 0 spiro atoms. The first kappa shape index (κ1) is 8.54. The van der Waals surface area contributed by atoms with Crippen molar-refractivity contribution in [2.24, 2.45) is 5.92 Å². The second kappa shape index (κ2) is 5.67. The Balaban J connectivity index is 3.41. The highest BCUT2D eigenvalue weighted by atomic mass is 14.8. The molecule has 0 aromatic heterocycles. The van der Waals surface area contributed by atoms with Gasteiger partial charge in [-0.05, 0) is 25.0 Å². The van der Waals surface area contributed by atoms with E-state index in [1.165, 1.54) is 12.8 Å². The summed E-state index contributed by atoms with van der Waals surface area (Å²) in [6.07, 6.45) is 6.72. The lowest BCUT2D eigenvalue weighted by molar-refractivity contribution is 0.603. The van der Waals surface area contributed by atoms with Gasteiger partial charge in [0.1, 0.15) is 0 Å². The molecule has 0 bridgehead atoms. The Morgan fingerprint density at radius 2 is 1.89 bits per heavy atom. The molecular weight excluding hydrogens is 110 g/mol. The number of hydrogen-bond acceptors (Lipinski definition) is 1. The normalized spacial score (nSPS) is 11.1. The van der Waals surface area contributed by atoms with Crippen molar-refractivity contribution in [1.29, 1.82) is 0 Å². The summed E-state index contributed by atoms with van der Waals surface area (Å²) in [6, 6.07) is 0. The van der Waals surface area contributed by atoms with Gasteiger partial charge >= 0.3 is 0 Å². The fourth-order valence-corrected chi connectivity index (χ4v) is 0.793. The molecule has 0 saturated heterocycles. The van der Waals surface area contributed by atoms with E-state index in [4.69, 9.17) is 0 Å². The van der Waals surface area contributed by atoms with E-state index >= 15 is 0 Å². The number of nitrogens with one attached hydrogen (secondary N) is 1. The summed E-state index contributed by atoms with van der Waals surface area (Å²) in [5.41, 5.74) is 0. The number of hydrogen-bond donors (Lipinski definition) is 1. The molecule has 0 heterocycles. The van der Waals surface area contributed by atoms with Gasteiger partial charge in [-0.2, -0.15) is 0 Å². The van der Waals surface area contributed by atoms with E-state index in [0.717, 1.165) is 5.92 Å². The highest BCUT2D eigenvalue weighted by molar-refractivity contribution is 4.84. The smallest absolute Gasteiger partial charge is 0.00276 e. The van der Waals surface area contributed by atoms with Crippen molar-refractivity contribution in [3.05, 3.63) is 12.3 Å². The molecule has 0 unspecified atom stereocenters. The summed E-state index contributed by atoms with van der Waals surface area (Å²) in [5, 5.41) is 2.99. The van der Waals surface area contributed by atoms with Crippen molar-refractivity contribution in [3.8, 4) is 0 Å². The lowest BCUT2D eigenvalue weighted by Gasteiger charge is -2.03. The number of allylic oxidation sites excluding steroid dienone is 1. The van der Waals surface area contributed by atoms with Crippen LogP contribution in [0.3, 0.4) is 0 Å². The summed E-state index contributed by atoms with van der Waals surface area (Å²) in [4.78, 5) is 0. The standard InChI is InChI=1S/C8H17N/c1-4-8(5-2)6-7-9-3/h6-9H,4-5H2,1-3H3/b7-6-. The van der Waals surface area contributed by atoms with Crippen LogP contribution in [0.15, 0.2) is 12.3 Å². The molecule has 0 saturated carbocycles. The van der Waals surface area contributed by atoms with Gasteiger partial charge in [-0.15, -0.1) is 0 Å². The molecule has 0 aromatic carbocycles. The molecule has 1 nitrogen and oxygen atoms in total. The first-order valence-corrected chi connectivity index (χ1v) is 3.69. The van der Waals surface area contributed by atoms with Crippen molar-refractivity contribution in [3.63, 3.8) is 0 Å². The molecule has 0 aliphatic rings. The van der Waals surface area contributed by atoms with Crippen LogP contribution in [0.4, 0.5) is 0 Å². The third kappa shape index (κ3) is 4.07. The molecule has 0 rings (SSSR count). The zero-order chi connectivity index (χ0) is 7.11. The first-order valence-electron chi connectivity index (χ1n) is 3.69. The van der Waals surface area contributed by atoms with E-state index in [-0.39, 0.29) is 0 Å². The van der Waals surface area contributed by atoms with Crippen LogP contribution >= 0.6 is 0 Å². The summed E-state index contributed by atoms with van der Waals surface area (Å²) in [5.74, 6) is 0.762. The van der Waals surface area contributed by atoms with Crippen molar-refractivity contribution in [1.82, 2.24) is 5.32 Å². The molecule has 1 N–H and O–H groups in total.